The molecule has 0 spiro atoms. The number of nitrogens with two attached hydrogens (primary N) is 3. The number of nitrogens with zero attached hydrogens (tertiary/aromatic N) is 4. The molecule has 2 heterocycles. The highest BCUT2D eigenvalue weighted by atomic mass is 32.2. The second-order valence-corrected chi connectivity index (χ2v) is 10.5. The Morgan fingerprint density at radius 2 is 2.03 bits per heavy atom. The van der Waals surface area contributed by atoms with Gasteiger partial charge < -0.3 is 16.4 Å². The molecule has 7 N–H and O–H groups in total. The molecule has 0 radical (unpaired) electrons. The van der Waals surface area contributed by atoms with E-state index >= 15 is 0 Å². The Labute approximate surface area is 179 Å². The van der Waals surface area contributed by atoms with Gasteiger partial charge in [-0.15, -0.1) is 5.11 Å². The number of amidine groups is 1. The van der Waals surface area contributed by atoms with Crippen LogP contribution in [-0.4, -0.2) is 67.2 Å². The van der Waals surface area contributed by atoms with Gasteiger partial charge in [0.25, 0.3) is 0 Å². The maximum atomic E-state index is 14.3. The van der Waals surface area contributed by atoms with Gasteiger partial charge in [-0.2, -0.15) is 5.11 Å². The van der Waals surface area contributed by atoms with Crippen LogP contribution in [0, 0.1) is 0 Å². The van der Waals surface area contributed by atoms with Crippen molar-refractivity contribution in [2.24, 2.45) is 31.8 Å². The molecular formula is C16H25FN8O4S2. The van der Waals surface area contributed by atoms with Crippen LogP contribution >= 0.6 is 0 Å². The molecule has 0 aromatic heterocycles. The summed E-state index contributed by atoms with van der Waals surface area (Å²) in [5, 5.41) is 13.0. The lowest BCUT2D eigenvalue weighted by Crippen LogP contribution is -2.49. The molecule has 0 bridgehead atoms. The second-order valence-electron chi connectivity index (χ2n) is 7.37. The summed E-state index contributed by atoms with van der Waals surface area (Å²) in [4.78, 5) is 4.36. The van der Waals surface area contributed by atoms with Gasteiger partial charge in [0.1, 0.15) is 16.0 Å². The Hall–Kier alpha value is -2.04. The normalized spacial score (nSPS) is 23.1. The van der Waals surface area contributed by atoms with E-state index < -0.39 is 48.1 Å². The van der Waals surface area contributed by atoms with E-state index in [4.69, 9.17) is 16.6 Å². The molecule has 12 nitrogen and oxygen atoms in total. The van der Waals surface area contributed by atoms with Crippen LogP contribution in [0.1, 0.15) is 18.9 Å². The van der Waals surface area contributed by atoms with Crippen LogP contribution in [0.2, 0.25) is 0 Å². The number of nitrogens with one attached hydrogen (secondary N) is 1. The zero-order valence-electron chi connectivity index (χ0n) is 16.8. The smallest absolute Gasteiger partial charge is 0.242 e. The zero-order valence-corrected chi connectivity index (χ0v) is 18.4. The third kappa shape index (κ3) is 4.91. The van der Waals surface area contributed by atoms with Crippen LogP contribution in [-0.2, 0) is 20.0 Å². The van der Waals surface area contributed by atoms with Crippen molar-refractivity contribution in [1.29, 1.82) is 0 Å². The molecule has 1 saturated heterocycles. The molecule has 1 aromatic rings. The molecule has 1 aromatic carbocycles. The molecule has 31 heavy (non-hydrogen) atoms. The second kappa shape index (κ2) is 8.84. The first-order valence-corrected chi connectivity index (χ1v) is 12.5. The fourth-order valence-corrected chi connectivity index (χ4v) is 6.26. The minimum absolute atomic E-state index is 0.0122. The van der Waals surface area contributed by atoms with E-state index in [1.165, 1.54) is 13.0 Å². The number of hydrogen-bond acceptors (Lipinski definition) is 10. The summed E-state index contributed by atoms with van der Waals surface area (Å²) in [6.07, 6.45) is -1.04. The van der Waals surface area contributed by atoms with E-state index in [1.54, 1.807) is 4.90 Å². The van der Waals surface area contributed by atoms with Gasteiger partial charge in [-0.05, 0) is 25.5 Å². The van der Waals surface area contributed by atoms with Gasteiger partial charge in [0, 0.05) is 30.9 Å². The predicted octanol–water partition coefficient (Wildman–Crippen LogP) is -0.995. The Morgan fingerprint density at radius 1 is 1.32 bits per heavy atom. The summed E-state index contributed by atoms with van der Waals surface area (Å²) in [6, 6.07) is 1.17. The van der Waals surface area contributed by atoms with Crippen LogP contribution in [0.25, 0.3) is 0 Å². The molecule has 3 rings (SSSR count). The topological polar surface area (TPSA) is 199 Å². The van der Waals surface area contributed by atoms with Crippen molar-refractivity contribution in [1.82, 2.24) is 4.72 Å². The molecule has 0 saturated carbocycles. The van der Waals surface area contributed by atoms with Crippen LogP contribution in [0.4, 0.5) is 10.1 Å². The van der Waals surface area contributed by atoms with Crippen molar-refractivity contribution in [2.45, 2.75) is 41.4 Å². The van der Waals surface area contributed by atoms with Gasteiger partial charge in [0.05, 0.1) is 12.1 Å². The van der Waals surface area contributed by atoms with Crippen molar-refractivity contribution in [3.8, 4) is 0 Å². The summed E-state index contributed by atoms with van der Waals surface area (Å²) < 4.78 is 67.7. The number of sulfonamides is 2. The lowest BCUT2D eigenvalue weighted by Gasteiger charge is -2.36. The van der Waals surface area contributed by atoms with Crippen molar-refractivity contribution in [3.63, 3.8) is 0 Å². The number of hydrogen-bond donors (Lipinski definition) is 4. The minimum atomic E-state index is -4.59. The molecule has 15 heteroatoms. The van der Waals surface area contributed by atoms with Crippen LogP contribution < -0.4 is 26.2 Å². The number of rotatable bonds is 7. The van der Waals surface area contributed by atoms with E-state index in [1.807, 2.05) is 0 Å². The van der Waals surface area contributed by atoms with E-state index in [2.05, 4.69) is 19.9 Å². The van der Waals surface area contributed by atoms with Gasteiger partial charge in [-0.1, -0.05) is 0 Å². The number of piperidine rings is 1. The fraction of sp³-hybridized carbons (Fsp3) is 0.562. The summed E-state index contributed by atoms with van der Waals surface area (Å²) >= 11 is 0. The average molecular weight is 477 g/mol. The van der Waals surface area contributed by atoms with Crippen LogP contribution in [0.3, 0.4) is 0 Å². The number of alkyl halides is 1. The maximum absolute atomic E-state index is 14.3. The van der Waals surface area contributed by atoms with Gasteiger partial charge in [0.2, 0.25) is 20.0 Å². The number of halogens is 1. The standard InChI is InChI=1S/C16H25FN8O4S2/c1-9(6-18)24-31(28,29)13-3-2-12(25-5-4-11(19)10(17)7-25)14(15(13)30(20,26)27)16-21-8-22-23-16/h2-3,9-11,24H,4-8,18-19H2,1H3,(H2,20,26,27)/t9-,10+,11-/m1/s1. The van der Waals surface area contributed by atoms with Crippen molar-refractivity contribution in [3.05, 3.63) is 17.7 Å². The van der Waals surface area contributed by atoms with E-state index in [0.29, 0.717) is 13.0 Å². The molecule has 172 valence electrons. The first-order chi connectivity index (χ1) is 14.5. The summed E-state index contributed by atoms with van der Waals surface area (Å²) in [5.41, 5.74) is 11.3. The van der Waals surface area contributed by atoms with E-state index in [-0.39, 0.29) is 36.8 Å². The predicted molar refractivity (Wildman–Crippen MR) is 113 cm³/mol. The Kier molecular flexibility index (Phi) is 6.73. The van der Waals surface area contributed by atoms with Crippen LogP contribution in [0.5, 0.6) is 0 Å². The van der Waals surface area contributed by atoms with Crippen LogP contribution in [0.15, 0.2) is 37.1 Å². The summed E-state index contributed by atoms with van der Waals surface area (Å²) in [7, 11) is -8.92. The molecule has 0 amide bonds. The lowest BCUT2D eigenvalue weighted by molar-refractivity contribution is 0.251. The van der Waals surface area contributed by atoms with Gasteiger partial charge in [-0.25, -0.2) is 36.1 Å². The van der Waals surface area contributed by atoms with E-state index in [9.17, 15) is 21.2 Å². The summed E-state index contributed by atoms with van der Waals surface area (Å²) in [6.45, 7) is 1.66. The van der Waals surface area contributed by atoms with E-state index in [0.717, 1.165) is 6.07 Å². The molecule has 2 aliphatic rings. The largest absolute Gasteiger partial charge is 0.368 e. The minimum Gasteiger partial charge on any atom is -0.368 e. The third-order valence-electron chi connectivity index (χ3n) is 4.99. The molecule has 3 atom stereocenters. The number of azo groups is 1. The summed E-state index contributed by atoms with van der Waals surface area (Å²) in [5.74, 6) is -0.103. The number of anilines is 1. The molecule has 2 aliphatic heterocycles. The fourth-order valence-electron chi connectivity index (χ4n) is 3.40. The highest BCUT2D eigenvalue weighted by molar-refractivity contribution is 7.92. The molecular weight excluding hydrogens is 451 g/mol. The first kappa shape index (κ1) is 23.6. The Bertz CT molecular complexity index is 1120. The molecule has 0 unspecified atom stereocenters. The quantitative estimate of drug-likeness (QED) is 0.387. The first-order valence-electron chi connectivity index (χ1n) is 9.45. The zero-order chi connectivity index (χ0) is 23.0. The monoisotopic (exact) mass is 476 g/mol. The highest BCUT2D eigenvalue weighted by Crippen LogP contribution is 2.35. The highest BCUT2D eigenvalue weighted by Gasteiger charge is 2.36. The molecule has 1 fully saturated rings. The van der Waals surface area contributed by atoms with Gasteiger partial charge >= 0.3 is 0 Å². The van der Waals surface area contributed by atoms with Crippen molar-refractivity contribution >= 4 is 31.6 Å². The van der Waals surface area contributed by atoms with Crippen molar-refractivity contribution in [2.75, 3.05) is 31.2 Å². The number of benzene rings is 1. The Morgan fingerprint density at radius 3 is 2.58 bits per heavy atom. The number of aliphatic imine (C=N–C) groups is 1. The lowest BCUT2D eigenvalue weighted by atomic mass is 10.0. The van der Waals surface area contributed by atoms with Crippen molar-refractivity contribution < 1.29 is 21.2 Å². The van der Waals surface area contributed by atoms with Gasteiger partial charge in [0.15, 0.2) is 12.5 Å². The SMILES string of the molecule is C[C@H](CN)NS(=O)(=O)c1ccc(N2CC[C@@H](N)[C@@H](F)C2)c(C2=NCN=N2)c1S(N)(=O)=O. The number of primary sulfonamides is 1. The molecule has 0 aliphatic carbocycles. The maximum Gasteiger partial charge on any atom is 0.242 e. The average Bonchev–Trinajstić information content (AvgIpc) is 3.22. The third-order valence-corrected chi connectivity index (χ3v) is 7.74. The Balaban J connectivity index is 2.27. The van der Waals surface area contributed by atoms with Gasteiger partial charge in [-0.3, -0.25) is 0 Å².